The second-order valence-electron chi connectivity index (χ2n) is 3.19. The summed E-state index contributed by atoms with van der Waals surface area (Å²) in [6, 6.07) is 2.99. The summed E-state index contributed by atoms with van der Waals surface area (Å²) in [6.45, 7) is 1.69. The third-order valence-electron chi connectivity index (χ3n) is 2.01. The summed E-state index contributed by atoms with van der Waals surface area (Å²) < 4.78 is 49.3. The van der Waals surface area contributed by atoms with Crippen molar-refractivity contribution in [1.29, 1.82) is 0 Å². The Hall–Kier alpha value is -1.10. The van der Waals surface area contributed by atoms with Crippen LogP contribution in [0.25, 0.3) is 0 Å². The van der Waals surface area contributed by atoms with Crippen LogP contribution in [0.3, 0.4) is 0 Å². The van der Waals surface area contributed by atoms with E-state index in [1.807, 2.05) is 0 Å². The number of alkyl halides is 3. The predicted molar refractivity (Wildman–Crippen MR) is 53.5 cm³/mol. The highest BCUT2D eigenvalue weighted by Gasteiger charge is 2.39. The lowest BCUT2D eigenvalue weighted by atomic mass is 10.0. The molecule has 1 aromatic rings. The van der Waals surface area contributed by atoms with Gasteiger partial charge < -0.3 is 5.11 Å². The molecule has 1 N–H and O–H groups in total. The molecule has 0 saturated heterocycles. The van der Waals surface area contributed by atoms with E-state index in [0.29, 0.717) is 18.1 Å². The van der Waals surface area contributed by atoms with Crippen molar-refractivity contribution >= 4 is 0 Å². The lowest BCUT2D eigenvalue weighted by Crippen LogP contribution is -2.20. The van der Waals surface area contributed by atoms with Crippen LogP contribution < -0.4 is 0 Å². The molecule has 0 radical (unpaired) electrons. The fourth-order valence-corrected chi connectivity index (χ4v) is 1.23. The third kappa shape index (κ3) is 3.48. The van der Waals surface area contributed by atoms with E-state index in [0.717, 1.165) is 12.1 Å². The summed E-state index contributed by atoms with van der Waals surface area (Å²) in [6.07, 6.45) is -6.98. The summed E-state index contributed by atoms with van der Waals surface area (Å²) >= 11 is 0. The molecule has 1 aromatic carbocycles. The lowest BCUT2D eigenvalue weighted by molar-refractivity contribution is -0.206. The number of hydrogen-bond donors (Lipinski definition) is 1. The Kier molecular flexibility index (Phi) is 4.93. The Morgan fingerprint density at radius 3 is 2.25 bits per heavy atom. The molecule has 16 heavy (non-hydrogen) atoms. The maximum absolute atomic E-state index is 12.9. The van der Waals surface area contributed by atoms with Crippen molar-refractivity contribution in [3.8, 4) is 0 Å². The Morgan fingerprint density at radius 1 is 1.25 bits per heavy atom. The SMILES string of the molecule is C.CCc1cc(F)cc(C(O)C(F)(F)F)c1. The molecular weight excluding hydrogens is 224 g/mol. The second-order valence-corrected chi connectivity index (χ2v) is 3.19. The maximum Gasteiger partial charge on any atom is 0.418 e. The molecule has 0 aliphatic rings. The van der Waals surface area contributed by atoms with Gasteiger partial charge in [0.05, 0.1) is 0 Å². The first-order valence-electron chi connectivity index (χ1n) is 4.38. The Balaban J connectivity index is 0.00000225. The zero-order chi connectivity index (χ0) is 11.6. The number of aliphatic hydroxyl groups excluding tert-OH is 1. The molecule has 1 atom stereocenters. The molecule has 92 valence electrons. The van der Waals surface area contributed by atoms with Crippen LogP contribution in [0.15, 0.2) is 18.2 Å². The molecule has 0 aromatic heterocycles. The largest absolute Gasteiger partial charge is 0.418 e. The van der Waals surface area contributed by atoms with E-state index in [4.69, 9.17) is 5.11 Å². The van der Waals surface area contributed by atoms with Gasteiger partial charge in [0.1, 0.15) is 5.82 Å². The van der Waals surface area contributed by atoms with Crippen LogP contribution in [-0.4, -0.2) is 11.3 Å². The molecule has 0 aliphatic carbocycles. The summed E-state index contributed by atoms with van der Waals surface area (Å²) in [5.74, 6) is -0.771. The summed E-state index contributed by atoms with van der Waals surface area (Å²) in [4.78, 5) is 0. The smallest absolute Gasteiger partial charge is 0.379 e. The quantitative estimate of drug-likeness (QED) is 0.780. The minimum absolute atomic E-state index is 0. The van der Waals surface area contributed by atoms with Crippen molar-refractivity contribution in [2.75, 3.05) is 0 Å². The topological polar surface area (TPSA) is 20.2 Å². The number of aliphatic hydroxyl groups is 1. The second kappa shape index (κ2) is 5.30. The van der Waals surface area contributed by atoms with Crippen molar-refractivity contribution in [2.24, 2.45) is 0 Å². The normalized spacial score (nSPS) is 13.1. The summed E-state index contributed by atoms with van der Waals surface area (Å²) in [5, 5.41) is 8.91. The van der Waals surface area contributed by atoms with Gasteiger partial charge in [-0.1, -0.05) is 20.4 Å². The van der Waals surface area contributed by atoms with Crippen molar-refractivity contribution in [3.05, 3.63) is 35.1 Å². The number of hydrogen-bond acceptors (Lipinski definition) is 1. The standard InChI is InChI=1S/C10H10F4O.CH4/c1-2-6-3-7(5-8(11)4-6)9(15)10(12,13)14;/h3-5,9,15H,2H2,1H3;1H4. The van der Waals surface area contributed by atoms with Crippen molar-refractivity contribution in [1.82, 2.24) is 0 Å². The summed E-state index contributed by atoms with van der Waals surface area (Å²) in [5.41, 5.74) is -0.0346. The number of benzene rings is 1. The third-order valence-corrected chi connectivity index (χ3v) is 2.01. The van der Waals surface area contributed by atoms with Gasteiger partial charge in [-0.2, -0.15) is 13.2 Å². The van der Waals surface area contributed by atoms with Gasteiger partial charge in [-0.05, 0) is 29.7 Å². The van der Waals surface area contributed by atoms with E-state index in [2.05, 4.69) is 0 Å². The van der Waals surface area contributed by atoms with Gasteiger partial charge >= 0.3 is 6.18 Å². The van der Waals surface area contributed by atoms with E-state index >= 15 is 0 Å². The van der Waals surface area contributed by atoms with Crippen LogP contribution in [0.4, 0.5) is 17.6 Å². The van der Waals surface area contributed by atoms with Crippen molar-refractivity contribution < 1.29 is 22.7 Å². The first-order chi connectivity index (χ1) is 6.84. The lowest BCUT2D eigenvalue weighted by Gasteiger charge is -2.15. The van der Waals surface area contributed by atoms with Crippen molar-refractivity contribution in [2.45, 2.75) is 33.1 Å². The molecule has 1 unspecified atom stereocenters. The Morgan fingerprint density at radius 2 is 1.81 bits per heavy atom. The van der Waals surface area contributed by atoms with Gasteiger partial charge in [0.25, 0.3) is 0 Å². The fraction of sp³-hybridized carbons (Fsp3) is 0.455. The molecule has 0 amide bonds. The van der Waals surface area contributed by atoms with E-state index in [9.17, 15) is 17.6 Å². The Labute approximate surface area is 91.7 Å². The zero-order valence-corrected chi connectivity index (χ0v) is 7.98. The highest BCUT2D eigenvalue weighted by Crippen LogP contribution is 2.33. The van der Waals surface area contributed by atoms with Crippen LogP contribution in [-0.2, 0) is 6.42 Å². The van der Waals surface area contributed by atoms with E-state index in [1.165, 1.54) is 0 Å². The molecule has 0 aliphatic heterocycles. The van der Waals surface area contributed by atoms with Crippen LogP contribution in [0.1, 0.15) is 31.6 Å². The average Bonchev–Trinajstić information content (AvgIpc) is 2.14. The monoisotopic (exact) mass is 238 g/mol. The first kappa shape index (κ1) is 14.9. The van der Waals surface area contributed by atoms with E-state index in [1.54, 1.807) is 6.92 Å². The number of rotatable bonds is 2. The average molecular weight is 238 g/mol. The van der Waals surface area contributed by atoms with Gasteiger partial charge in [0, 0.05) is 0 Å². The van der Waals surface area contributed by atoms with Crippen LogP contribution in [0.5, 0.6) is 0 Å². The molecule has 1 nitrogen and oxygen atoms in total. The molecule has 5 heteroatoms. The molecule has 0 heterocycles. The highest BCUT2D eigenvalue weighted by molar-refractivity contribution is 5.27. The molecule has 0 fully saturated rings. The molecule has 0 spiro atoms. The number of aryl methyl sites for hydroxylation is 1. The van der Waals surface area contributed by atoms with Gasteiger partial charge in [0.2, 0.25) is 0 Å². The van der Waals surface area contributed by atoms with E-state index < -0.39 is 23.7 Å². The van der Waals surface area contributed by atoms with Crippen molar-refractivity contribution in [3.63, 3.8) is 0 Å². The first-order valence-corrected chi connectivity index (χ1v) is 4.38. The highest BCUT2D eigenvalue weighted by atomic mass is 19.4. The van der Waals surface area contributed by atoms with Crippen LogP contribution in [0.2, 0.25) is 0 Å². The van der Waals surface area contributed by atoms with Crippen LogP contribution in [0, 0.1) is 5.82 Å². The fourth-order valence-electron chi connectivity index (χ4n) is 1.23. The molecule has 0 saturated carbocycles. The van der Waals surface area contributed by atoms with Crippen LogP contribution >= 0.6 is 0 Å². The summed E-state index contributed by atoms with van der Waals surface area (Å²) in [7, 11) is 0. The molecule has 1 rings (SSSR count). The minimum Gasteiger partial charge on any atom is -0.379 e. The number of halogens is 4. The van der Waals surface area contributed by atoms with Gasteiger partial charge in [-0.3, -0.25) is 0 Å². The molecule has 0 bridgehead atoms. The van der Waals surface area contributed by atoms with Gasteiger partial charge in [-0.15, -0.1) is 0 Å². The minimum atomic E-state index is -4.77. The zero-order valence-electron chi connectivity index (χ0n) is 7.98. The maximum atomic E-state index is 12.9. The Bertz CT molecular complexity index is 346. The predicted octanol–water partition coefficient (Wildman–Crippen LogP) is 3.62. The van der Waals surface area contributed by atoms with E-state index in [-0.39, 0.29) is 7.43 Å². The van der Waals surface area contributed by atoms with Gasteiger partial charge in [-0.25, -0.2) is 4.39 Å². The molecular formula is C11H14F4O. The van der Waals surface area contributed by atoms with Gasteiger partial charge in [0.15, 0.2) is 6.10 Å².